The van der Waals surface area contributed by atoms with Crippen molar-refractivity contribution in [2.75, 3.05) is 25.1 Å². The Morgan fingerprint density at radius 3 is 2.73 bits per heavy atom. The zero-order valence-corrected chi connectivity index (χ0v) is 16.9. The van der Waals surface area contributed by atoms with Gasteiger partial charge in [0.1, 0.15) is 11.4 Å². The Morgan fingerprint density at radius 2 is 2.00 bits per heavy atom. The Kier molecular flexibility index (Phi) is 6.89. The molecule has 26 heavy (non-hydrogen) atoms. The molecule has 1 aliphatic heterocycles. The number of anilines is 1. The van der Waals surface area contributed by atoms with E-state index in [0.29, 0.717) is 17.4 Å². The lowest BCUT2D eigenvalue weighted by Crippen LogP contribution is -2.50. The van der Waals surface area contributed by atoms with Crippen LogP contribution in [0.5, 0.6) is 0 Å². The molecule has 1 saturated carbocycles. The lowest BCUT2D eigenvalue weighted by molar-refractivity contribution is 0.0600. The van der Waals surface area contributed by atoms with E-state index in [2.05, 4.69) is 31.1 Å². The molecule has 1 aromatic heterocycles. The van der Waals surface area contributed by atoms with Crippen molar-refractivity contribution in [2.24, 2.45) is 0 Å². The van der Waals surface area contributed by atoms with Crippen LogP contribution in [0.1, 0.15) is 55.3 Å². The highest BCUT2D eigenvalue weighted by molar-refractivity contribution is 9.10. The average Bonchev–Trinajstić information content (AvgIpc) is 2.86. The van der Waals surface area contributed by atoms with E-state index in [1.165, 1.54) is 20.0 Å². The van der Waals surface area contributed by atoms with E-state index in [1.54, 1.807) is 12.3 Å². The lowest BCUT2D eigenvalue weighted by Gasteiger charge is -2.36. The average molecular weight is 426 g/mol. The number of piperidine rings is 1. The fraction of sp³-hybridized carbons (Fsp3) is 0.684. The fourth-order valence-electron chi connectivity index (χ4n) is 3.99. The van der Waals surface area contributed by atoms with Gasteiger partial charge in [-0.05, 0) is 47.7 Å². The first-order valence-corrected chi connectivity index (χ1v) is 10.3. The van der Waals surface area contributed by atoms with E-state index in [-0.39, 0.29) is 18.1 Å². The molecule has 144 valence electrons. The molecule has 0 radical (unpaired) electrons. The van der Waals surface area contributed by atoms with Crippen molar-refractivity contribution in [3.63, 3.8) is 0 Å². The van der Waals surface area contributed by atoms with Gasteiger partial charge in [0.25, 0.3) is 0 Å². The third-order valence-electron chi connectivity index (χ3n) is 5.46. The summed E-state index contributed by atoms with van der Waals surface area (Å²) in [7, 11) is 1.39. The maximum absolute atomic E-state index is 12.1. The molecule has 6 nitrogen and oxygen atoms in total. The Hall–Kier alpha value is -1.18. The first kappa shape index (κ1) is 19.6. The first-order chi connectivity index (χ1) is 12.6. The normalized spacial score (nSPS) is 25.0. The van der Waals surface area contributed by atoms with Crippen molar-refractivity contribution in [1.82, 2.24) is 10.3 Å². The Morgan fingerprint density at radius 1 is 1.27 bits per heavy atom. The Balaban J connectivity index is 1.61. The minimum absolute atomic E-state index is 0.213. The summed E-state index contributed by atoms with van der Waals surface area (Å²) in [5.41, 5.74) is 0.493. The van der Waals surface area contributed by atoms with Crippen LogP contribution in [-0.2, 0) is 4.74 Å². The zero-order valence-electron chi connectivity index (χ0n) is 15.3. The van der Waals surface area contributed by atoms with Crippen molar-refractivity contribution in [2.45, 2.75) is 63.1 Å². The molecule has 0 amide bonds. The van der Waals surface area contributed by atoms with Crippen molar-refractivity contribution in [1.29, 1.82) is 0 Å². The zero-order chi connectivity index (χ0) is 18.5. The molecular weight excluding hydrogens is 398 g/mol. The number of aliphatic hydroxyl groups is 1. The number of aliphatic hydroxyl groups excluding tert-OH is 1. The summed E-state index contributed by atoms with van der Waals surface area (Å²) in [6.45, 7) is 1.66. The molecule has 3 rings (SSSR count). The van der Waals surface area contributed by atoms with Gasteiger partial charge in [-0.15, -0.1) is 0 Å². The van der Waals surface area contributed by atoms with Crippen LogP contribution in [0.2, 0.25) is 0 Å². The Bertz CT molecular complexity index is 620. The molecule has 1 aliphatic carbocycles. The first-order valence-electron chi connectivity index (χ1n) is 9.51. The SMILES string of the molecule is COC(=O)c1cc(Br)cnc1N1CCC(N[C@@H]2CCCCC[C@@H]2O)CC1. The highest BCUT2D eigenvalue weighted by atomic mass is 79.9. The number of methoxy groups -OCH3 is 1. The predicted octanol–water partition coefficient (Wildman–Crippen LogP) is 2.88. The van der Waals surface area contributed by atoms with Gasteiger partial charge in [-0.2, -0.15) is 0 Å². The maximum atomic E-state index is 12.1. The van der Waals surface area contributed by atoms with Crippen LogP contribution < -0.4 is 10.2 Å². The second-order valence-electron chi connectivity index (χ2n) is 7.26. The molecule has 1 aromatic rings. The van der Waals surface area contributed by atoms with E-state index in [4.69, 9.17) is 4.74 Å². The molecule has 0 spiro atoms. The number of hydrogen-bond donors (Lipinski definition) is 2. The third-order valence-corrected chi connectivity index (χ3v) is 5.90. The van der Waals surface area contributed by atoms with Crippen LogP contribution in [-0.4, -0.2) is 54.4 Å². The van der Waals surface area contributed by atoms with E-state index in [1.807, 2.05) is 0 Å². The molecule has 0 bridgehead atoms. The summed E-state index contributed by atoms with van der Waals surface area (Å²) in [6.07, 6.45) is 8.94. The van der Waals surface area contributed by atoms with E-state index in [9.17, 15) is 9.90 Å². The van der Waals surface area contributed by atoms with Gasteiger partial charge in [0.15, 0.2) is 0 Å². The molecule has 1 saturated heterocycles. The molecule has 0 unspecified atom stereocenters. The number of carbonyl (C=O) groups excluding carboxylic acids is 1. The van der Waals surface area contributed by atoms with Gasteiger partial charge in [0.05, 0.1) is 13.2 Å². The summed E-state index contributed by atoms with van der Waals surface area (Å²) in [5, 5.41) is 14.0. The second-order valence-corrected chi connectivity index (χ2v) is 8.17. The van der Waals surface area contributed by atoms with Crippen molar-refractivity contribution in [3.8, 4) is 0 Å². The topological polar surface area (TPSA) is 74.7 Å². The standard InChI is InChI=1S/C19H28BrN3O3/c1-26-19(25)15-11-13(20)12-21-18(15)23-9-7-14(8-10-23)22-16-5-3-2-4-6-17(16)24/h11-12,14,16-17,22,24H,2-10H2,1H3/t16-,17+/m1/s1. The summed E-state index contributed by atoms with van der Waals surface area (Å²) >= 11 is 3.37. The van der Waals surface area contributed by atoms with Crippen molar-refractivity contribution in [3.05, 3.63) is 22.3 Å². The largest absolute Gasteiger partial charge is 0.465 e. The van der Waals surface area contributed by atoms with Gasteiger partial charge in [0.2, 0.25) is 0 Å². The predicted molar refractivity (Wildman–Crippen MR) is 105 cm³/mol. The van der Waals surface area contributed by atoms with E-state index in [0.717, 1.165) is 49.7 Å². The lowest BCUT2D eigenvalue weighted by atomic mass is 9.99. The van der Waals surface area contributed by atoms with Gasteiger partial charge < -0.3 is 20.1 Å². The van der Waals surface area contributed by atoms with Crippen LogP contribution in [0.15, 0.2) is 16.7 Å². The number of aromatic nitrogens is 1. The fourth-order valence-corrected chi connectivity index (χ4v) is 4.32. The molecular formula is C19H28BrN3O3. The number of ether oxygens (including phenoxy) is 1. The number of pyridine rings is 1. The van der Waals surface area contributed by atoms with Gasteiger partial charge in [-0.1, -0.05) is 19.3 Å². The van der Waals surface area contributed by atoms with E-state index < -0.39 is 0 Å². The number of halogens is 1. The minimum atomic E-state index is -0.365. The van der Waals surface area contributed by atoms with Crippen LogP contribution in [0, 0.1) is 0 Å². The van der Waals surface area contributed by atoms with Crippen LogP contribution in [0.4, 0.5) is 5.82 Å². The quantitative estimate of drug-likeness (QED) is 0.570. The van der Waals surface area contributed by atoms with Crippen molar-refractivity contribution < 1.29 is 14.6 Å². The number of nitrogens with one attached hydrogen (secondary N) is 1. The summed E-state index contributed by atoms with van der Waals surface area (Å²) in [5.74, 6) is 0.323. The van der Waals surface area contributed by atoms with Gasteiger partial charge in [-0.25, -0.2) is 9.78 Å². The number of esters is 1. The number of nitrogens with zero attached hydrogens (tertiary/aromatic N) is 2. The smallest absolute Gasteiger partial charge is 0.341 e. The van der Waals surface area contributed by atoms with Crippen LogP contribution in [0.3, 0.4) is 0 Å². The summed E-state index contributed by atoms with van der Waals surface area (Å²) < 4.78 is 5.67. The second kappa shape index (κ2) is 9.15. The van der Waals surface area contributed by atoms with E-state index >= 15 is 0 Å². The van der Waals surface area contributed by atoms with Crippen LogP contribution in [0.25, 0.3) is 0 Å². The molecule has 2 heterocycles. The van der Waals surface area contributed by atoms with Crippen molar-refractivity contribution >= 4 is 27.7 Å². The summed E-state index contributed by atoms with van der Waals surface area (Å²) in [6, 6.07) is 2.38. The number of hydrogen-bond acceptors (Lipinski definition) is 6. The maximum Gasteiger partial charge on any atom is 0.341 e. The van der Waals surface area contributed by atoms with Gasteiger partial charge in [-0.3, -0.25) is 0 Å². The highest BCUT2D eigenvalue weighted by Gasteiger charge is 2.28. The molecule has 2 N–H and O–H groups in total. The molecule has 2 aliphatic rings. The number of carbonyl (C=O) groups is 1. The molecule has 2 atom stereocenters. The van der Waals surface area contributed by atoms with Gasteiger partial charge >= 0.3 is 5.97 Å². The Labute approximate surface area is 163 Å². The monoisotopic (exact) mass is 425 g/mol. The molecule has 7 heteroatoms. The van der Waals surface area contributed by atoms with Gasteiger partial charge in [0, 0.05) is 35.8 Å². The number of rotatable bonds is 4. The minimum Gasteiger partial charge on any atom is -0.465 e. The third kappa shape index (κ3) is 4.75. The summed E-state index contributed by atoms with van der Waals surface area (Å²) in [4.78, 5) is 18.7. The molecule has 0 aromatic carbocycles. The van der Waals surface area contributed by atoms with Crippen LogP contribution >= 0.6 is 15.9 Å². The highest BCUT2D eigenvalue weighted by Crippen LogP contribution is 2.26. The molecule has 2 fully saturated rings.